The highest BCUT2D eigenvalue weighted by Crippen LogP contribution is 2.32. The number of likely N-dealkylation sites (tertiary alicyclic amines) is 1. The predicted molar refractivity (Wildman–Crippen MR) is 79.6 cm³/mol. The van der Waals surface area contributed by atoms with Crippen molar-refractivity contribution in [2.24, 2.45) is 0 Å². The number of hydrogen-bond donors (Lipinski definition) is 2. The number of aliphatic hydroxyl groups is 2. The molecule has 0 amide bonds. The monoisotopic (exact) mass is 319 g/mol. The van der Waals surface area contributed by atoms with Gasteiger partial charge in [-0.2, -0.15) is 0 Å². The second-order valence-electron chi connectivity index (χ2n) is 5.07. The van der Waals surface area contributed by atoms with Crippen molar-refractivity contribution in [3.8, 4) is 5.75 Å². The summed E-state index contributed by atoms with van der Waals surface area (Å²) >= 11 is 12.0. The summed E-state index contributed by atoms with van der Waals surface area (Å²) in [7, 11) is 0. The Hall–Kier alpha value is -0.520. The van der Waals surface area contributed by atoms with Crippen LogP contribution in [0.25, 0.3) is 0 Å². The van der Waals surface area contributed by atoms with Crippen molar-refractivity contribution in [1.29, 1.82) is 0 Å². The molecule has 0 bridgehead atoms. The average Bonchev–Trinajstić information content (AvgIpc) is 2.38. The third-order valence-corrected chi connectivity index (χ3v) is 3.88. The zero-order chi connectivity index (χ0) is 14.5. The van der Waals surface area contributed by atoms with E-state index in [1.54, 1.807) is 18.2 Å². The summed E-state index contributed by atoms with van der Waals surface area (Å²) < 4.78 is 5.49. The van der Waals surface area contributed by atoms with Gasteiger partial charge in [0.1, 0.15) is 12.7 Å². The lowest BCUT2D eigenvalue weighted by Crippen LogP contribution is -2.43. The minimum atomic E-state index is -0.646. The third kappa shape index (κ3) is 4.50. The van der Waals surface area contributed by atoms with Crippen LogP contribution in [0.1, 0.15) is 12.8 Å². The van der Waals surface area contributed by atoms with Crippen molar-refractivity contribution in [3.05, 3.63) is 28.2 Å². The van der Waals surface area contributed by atoms with Crippen LogP contribution in [-0.4, -0.2) is 53.6 Å². The summed E-state index contributed by atoms with van der Waals surface area (Å²) in [5.41, 5.74) is 0. The molecule has 2 atom stereocenters. The van der Waals surface area contributed by atoms with Gasteiger partial charge in [-0.15, -0.1) is 0 Å². The van der Waals surface area contributed by atoms with E-state index in [0.29, 0.717) is 28.9 Å². The fourth-order valence-electron chi connectivity index (χ4n) is 2.35. The van der Waals surface area contributed by atoms with E-state index in [-0.39, 0.29) is 12.7 Å². The van der Waals surface area contributed by atoms with Crippen molar-refractivity contribution < 1.29 is 14.9 Å². The molecule has 0 aromatic heterocycles. The Bertz CT molecular complexity index is 424. The number of para-hydroxylation sites is 1. The highest BCUT2D eigenvalue weighted by atomic mass is 35.5. The molecule has 4 nitrogen and oxygen atoms in total. The van der Waals surface area contributed by atoms with Gasteiger partial charge in [-0.3, -0.25) is 4.90 Å². The Morgan fingerprint density at radius 1 is 1.35 bits per heavy atom. The van der Waals surface area contributed by atoms with Crippen molar-refractivity contribution in [2.75, 3.05) is 26.2 Å². The van der Waals surface area contributed by atoms with Crippen molar-refractivity contribution in [3.63, 3.8) is 0 Å². The van der Waals surface area contributed by atoms with Gasteiger partial charge in [0.15, 0.2) is 5.75 Å². The van der Waals surface area contributed by atoms with Crippen LogP contribution >= 0.6 is 23.2 Å². The van der Waals surface area contributed by atoms with Crippen LogP contribution in [0.2, 0.25) is 10.0 Å². The Morgan fingerprint density at radius 3 is 2.70 bits per heavy atom. The number of benzene rings is 1. The van der Waals surface area contributed by atoms with Gasteiger partial charge in [0.05, 0.1) is 16.1 Å². The molecule has 1 heterocycles. The van der Waals surface area contributed by atoms with Crippen LogP contribution in [0.4, 0.5) is 0 Å². The maximum atomic E-state index is 10.00. The summed E-state index contributed by atoms with van der Waals surface area (Å²) in [6.45, 7) is 2.08. The van der Waals surface area contributed by atoms with Crippen LogP contribution in [0.15, 0.2) is 18.2 Å². The van der Waals surface area contributed by atoms with E-state index in [0.717, 1.165) is 19.4 Å². The van der Waals surface area contributed by atoms with E-state index in [9.17, 15) is 10.2 Å². The number of piperidine rings is 1. The number of aliphatic hydroxyl groups excluding tert-OH is 2. The van der Waals surface area contributed by atoms with E-state index < -0.39 is 6.10 Å². The average molecular weight is 320 g/mol. The van der Waals surface area contributed by atoms with Crippen LogP contribution in [0, 0.1) is 0 Å². The maximum Gasteiger partial charge on any atom is 0.156 e. The molecular weight excluding hydrogens is 301 g/mol. The molecule has 1 aromatic carbocycles. The fourth-order valence-corrected chi connectivity index (χ4v) is 2.85. The first-order chi connectivity index (χ1) is 9.56. The van der Waals surface area contributed by atoms with Gasteiger partial charge in [0.2, 0.25) is 0 Å². The summed E-state index contributed by atoms with van der Waals surface area (Å²) in [5.74, 6) is 0.397. The number of rotatable bonds is 5. The minimum absolute atomic E-state index is 0.121. The van der Waals surface area contributed by atoms with E-state index in [4.69, 9.17) is 27.9 Å². The van der Waals surface area contributed by atoms with Gasteiger partial charge < -0.3 is 14.9 Å². The molecule has 1 fully saturated rings. The molecule has 1 aromatic rings. The molecule has 0 spiro atoms. The van der Waals surface area contributed by atoms with Gasteiger partial charge in [0, 0.05) is 13.1 Å². The van der Waals surface area contributed by atoms with Crippen LogP contribution in [0.3, 0.4) is 0 Å². The lowest BCUT2D eigenvalue weighted by Gasteiger charge is -2.31. The molecule has 6 heteroatoms. The van der Waals surface area contributed by atoms with E-state index in [1.165, 1.54) is 0 Å². The smallest absolute Gasteiger partial charge is 0.156 e. The van der Waals surface area contributed by atoms with Crippen LogP contribution < -0.4 is 4.74 Å². The molecule has 1 aliphatic rings. The zero-order valence-corrected chi connectivity index (χ0v) is 12.6. The summed E-state index contributed by atoms with van der Waals surface area (Å²) in [6, 6.07) is 5.12. The number of nitrogens with zero attached hydrogens (tertiary/aromatic N) is 1. The topological polar surface area (TPSA) is 52.9 Å². The zero-order valence-electron chi connectivity index (χ0n) is 11.1. The highest BCUT2D eigenvalue weighted by Gasteiger charge is 2.20. The van der Waals surface area contributed by atoms with Crippen molar-refractivity contribution in [2.45, 2.75) is 25.0 Å². The fraction of sp³-hybridized carbons (Fsp3) is 0.571. The second-order valence-corrected chi connectivity index (χ2v) is 5.89. The van der Waals surface area contributed by atoms with Gasteiger partial charge in [0.25, 0.3) is 0 Å². The number of hydrogen-bond acceptors (Lipinski definition) is 4. The van der Waals surface area contributed by atoms with Gasteiger partial charge in [-0.1, -0.05) is 29.3 Å². The molecular formula is C14H19Cl2NO3. The Kier molecular flexibility index (Phi) is 5.93. The van der Waals surface area contributed by atoms with Gasteiger partial charge >= 0.3 is 0 Å². The Labute approximate surface area is 128 Å². The van der Waals surface area contributed by atoms with Crippen molar-refractivity contribution in [1.82, 2.24) is 4.90 Å². The van der Waals surface area contributed by atoms with Gasteiger partial charge in [-0.05, 0) is 31.5 Å². The third-order valence-electron chi connectivity index (χ3n) is 3.29. The van der Waals surface area contributed by atoms with E-state index >= 15 is 0 Å². The summed E-state index contributed by atoms with van der Waals surface area (Å²) in [6.07, 6.45) is 0.839. The van der Waals surface area contributed by atoms with Gasteiger partial charge in [-0.25, -0.2) is 0 Å². The maximum absolute atomic E-state index is 10.00. The molecule has 112 valence electrons. The minimum Gasteiger partial charge on any atom is -0.488 e. The quantitative estimate of drug-likeness (QED) is 0.873. The molecule has 0 aliphatic carbocycles. The molecule has 0 saturated carbocycles. The molecule has 0 unspecified atom stereocenters. The normalized spacial score (nSPS) is 21.7. The molecule has 1 saturated heterocycles. The molecule has 2 N–H and O–H groups in total. The molecule has 0 radical (unpaired) electrons. The first kappa shape index (κ1) is 15.9. The number of β-amino-alcohol motifs (C(OH)–C–C–N with tert-alkyl or cyclic N) is 2. The van der Waals surface area contributed by atoms with Crippen LogP contribution in [0.5, 0.6) is 5.75 Å². The largest absolute Gasteiger partial charge is 0.488 e. The lowest BCUT2D eigenvalue weighted by molar-refractivity contribution is 0.0243. The summed E-state index contributed by atoms with van der Waals surface area (Å²) in [4.78, 5) is 2.04. The predicted octanol–water partition coefficient (Wildman–Crippen LogP) is 2.19. The first-order valence-corrected chi connectivity index (χ1v) is 7.47. The SMILES string of the molecule is O[C@H]1CCCN(C[C@@H](O)COc2c(Cl)cccc2Cl)C1. The molecule has 20 heavy (non-hydrogen) atoms. The Balaban J connectivity index is 1.81. The van der Waals surface area contributed by atoms with E-state index in [2.05, 4.69) is 0 Å². The Morgan fingerprint density at radius 2 is 2.05 bits per heavy atom. The van der Waals surface area contributed by atoms with E-state index in [1.807, 2.05) is 4.90 Å². The second kappa shape index (κ2) is 7.48. The van der Waals surface area contributed by atoms with Crippen LogP contribution in [-0.2, 0) is 0 Å². The standard InChI is InChI=1S/C14H19Cl2NO3/c15-12-4-1-5-13(16)14(12)20-9-11(19)8-17-6-2-3-10(18)7-17/h1,4-5,10-11,18-19H,2-3,6-9H2/t10-,11+/m0/s1. The molecule has 2 rings (SSSR count). The van der Waals surface area contributed by atoms with Crippen molar-refractivity contribution >= 4 is 23.2 Å². The number of ether oxygens (including phenoxy) is 1. The number of halogens is 2. The first-order valence-electron chi connectivity index (χ1n) is 6.71. The highest BCUT2D eigenvalue weighted by molar-refractivity contribution is 6.37. The summed E-state index contributed by atoms with van der Waals surface area (Å²) in [5, 5.41) is 20.4. The lowest BCUT2D eigenvalue weighted by atomic mass is 10.1. The molecule has 1 aliphatic heterocycles.